The average molecular weight is 490 g/mol. The van der Waals surface area contributed by atoms with Crippen molar-refractivity contribution in [3.8, 4) is 17.6 Å². The number of phenols is 2. The SMILES string of the molecule is Cc1c(C#N)c(Nc2ccccc2)nc(N)c1/N=N/c1cccc2c1C(=O)c1c(O)ccc(O)c1C2=O. The van der Waals surface area contributed by atoms with Crippen LogP contribution in [0.2, 0.25) is 0 Å². The number of nitrogens with one attached hydrogen (secondary N) is 1. The van der Waals surface area contributed by atoms with Gasteiger partial charge in [-0.25, -0.2) is 4.98 Å². The molecule has 0 radical (unpaired) electrons. The van der Waals surface area contributed by atoms with Crippen molar-refractivity contribution in [3.63, 3.8) is 0 Å². The third-order valence-electron chi connectivity index (χ3n) is 5.98. The largest absolute Gasteiger partial charge is 0.507 e. The number of rotatable bonds is 4. The van der Waals surface area contributed by atoms with Crippen molar-refractivity contribution in [2.45, 2.75) is 6.92 Å². The minimum absolute atomic E-state index is 0.00112. The van der Waals surface area contributed by atoms with Crippen LogP contribution < -0.4 is 11.1 Å². The van der Waals surface area contributed by atoms with Gasteiger partial charge in [-0.2, -0.15) is 5.26 Å². The highest BCUT2D eigenvalue weighted by atomic mass is 16.3. The molecule has 5 rings (SSSR count). The van der Waals surface area contributed by atoms with E-state index in [1.807, 2.05) is 30.3 Å². The van der Waals surface area contributed by atoms with Crippen molar-refractivity contribution in [2.75, 3.05) is 11.1 Å². The number of aromatic nitrogens is 1. The van der Waals surface area contributed by atoms with Crippen LogP contribution in [0.3, 0.4) is 0 Å². The second kappa shape index (κ2) is 8.90. The number of nitrogens with two attached hydrogens (primary N) is 1. The molecule has 1 heterocycles. The van der Waals surface area contributed by atoms with E-state index in [2.05, 4.69) is 26.6 Å². The number of phenolic OH excluding ortho intramolecular Hbond substituents is 2. The third kappa shape index (κ3) is 3.81. The summed E-state index contributed by atoms with van der Waals surface area (Å²) in [5.74, 6) is -1.91. The topological polar surface area (TPSA) is 174 Å². The van der Waals surface area contributed by atoms with E-state index < -0.39 is 23.1 Å². The fraction of sp³-hybridized carbons (Fsp3) is 0.0370. The lowest BCUT2D eigenvalue weighted by Gasteiger charge is -2.20. The van der Waals surface area contributed by atoms with E-state index in [0.717, 1.165) is 12.1 Å². The molecule has 1 aromatic heterocycles. The first-order chi connectivity index (χ1) is 17.8. The van der Waals surface area contributed by atoms with E-state index in [9.17, 15) is 25.1 Å². The number of para-hydroxylation sites is 1. The lowest BCUT2D eigenvalue weighted by Crippen LogP contribution is -2.21. The van der Waals surface area contributed by atoms with E-state index in [4.69, 9.17) is 5.73 Å². The summed E-state index contributed by atoms with van der Waals surface area (Å²) < 4.78 is 0. The molecule has 10 heteroatoms. The van der Waals surface area contributed by atoms with Crippen LogP contribution in [0.15, 0.2) is 70.9 Å². The molecule has 180 valence electrons. The maximum absolute atomic E-state index is 13.3. The van der Waals surface area contributed by atoms with Crippen molar-refractivity contribution in [3.05, 3.63) is 94.0 Å². The molecule has 4 aromatic rings. The number of hydrogen-bond donors (Lipinski definition) is 4. The van der Waals surface area contributed by atoms with Crippen LogP contribution in [-0.4, -0.2) is 26.8 Å². The van der Waals surface area contributed by atoms with E-state index in [1.165, 1.54) is 18.2 Å². The summed E-state index contributed by atoms with van der Waals surface area (Å²) in [5, 5.41) is 41.6. The van der Waals surface area contributed by atoms with Gasteiger partial charge in [-0.15, -0.1) is 10.2 Å². The first-order valence-electron chi connectivity index (χ1n) is 11.0. The summed E-state index contributed by atoms with van der Waals surface area (Å²) in [6.07, 6.45) is 0. The zero-order valence-corrected chi connectivity index (χ0v) is 19.4. The van der Waals surface area contributed by atoms with Crippen LogP contribution in [0, 0.1) is 18.3 Å². The Balaban J connectivity index is 1.58. The molecule has 0 unspecified atom stereocenters. The zero-order valence-electron chi connectivity index (χ0n) is 19.4. The van der Waals surface area contributed by atoms with Gasteiger partial charge < -0.3 is 21.3 Å². The third-order valence-corrected chi connectivity index (χ3v) is 5.98. The summed E-state index contributed by atoms with van der Waals surface area (Å²) in [4.78, 5) is 30.6. The predicted molar refractivity (Wildman–Crippen MR) is 135 cm³/mol. The van der Waals surface area contributed by atoms with Gasteiger partial charge >= 0.3 is 0 Å². The highest BCUT2D eigenvalue weighted by molar-refractivity contribution is 6.31. The first-order valence-corrected chi connectivity index (χ1v) is 11.0. The molecule has 0 atom stereocenters. The van der Waals surface area contributed by atoms with Crippen molar-refractivity contribution in [1.29, 1.82) is 5.26 Å². The van der Waals surface area contributed by atoms with Crippen LogP contribution in [0.1, 0.15) is 43.0 Å². The smallest absolute Gasteiger partial charge is 0.200 e. The number of nitriles is 1. The number of nitrogens with zero attached hydrogens (tertiary/aromatic N) is 4. The summed E-state index contributed by atoms with van der Waals surface area (Å²) in [6, 6.07) is 18.0. The van der Waals surface area contributed by atoms with Gasteiger partial charge in [0.1, 0.15) is 23.3 Å². The monoisotopic (exact) mass is 490 g/mol. The Morgan fingerprint density at radius 1 is 0.892 bits per heavy atom. The highest BCUT2D eigenvalue weighted by Gasteiger charge is 2.36. The van der Waals surface area contributed by atoms with Crippen molar-refractivity contribution < 1.29 is 19.8 Å². The molecular weight excluding hydrogens is 472 g/mol. The number of nitrogen functional groups attached to an aromatic ring is 1. The number of carbonyl (C=O) groups is 2. The quantitative estimate of drug-likeness (QED) is 0.197. The van der Waals surface area contributed by atoms with Crippen LogP contribution in [0.25, 0.3) is 0 Å². The number of carbonyl (C=O) groups excluding carboxylic acids is 2. The lowest BCUT2D eigenvalue weighted by atomic mass is 9.82. The van der Waals surface area contributed by atoms with Gasteiger partial charge in [-0.05, 0) is 37.3 Å². The second-order valence-corrected chi connectivity index (χ2v) is 8.21. The van der Waals surface area contributed by atoms with Crippen molar-refractivity contribution >= 4 is 40.3 Å². The molecule has 0 saturated carbocycles. The van der Waals surface area contributed by atoms with Gasteiger partial charge in [0.25, 0.3) is 0 Å². The van der Waals surface area contributed by atoms with Gasteiger partial charge in [0.15, 0.2) is 17.4 Å². The Hall–Kier alpha value is -5.56. The molecule has 0 fully saturated rings. The fourth-order valence-corrected chi connectivity index (χ4v) is 4.18. The molecule has 37 heavy (non-hydrogen) atoms. The van der Waals surface area contributed by atoms with Crippen molar-refractivity contribution in [2.24, 2.45) is 10.2 Å². The molecule has 1 aliphatic rings. The summed E-state index contributed by atoms with van der Waals surface area (Å²) in [6.45, 7) is 1.65. The van der Waals surface area contributed by atoms with Crippen LogP contribution in [0.4, 0.5) is 28.7 Å². The van der Waals surface area contributed by atoms with Crippen LogP contribution in [0.5, 0.6) is 11.5 Å². The fourth-order valence-electron chi connectivity index (χ4n) is 4.18. The maximum Gasteiger partial charge on any atom is 0.200 e. The molecule has 0 aliphatic heterocycles. The summed E-state index contributed by atoms with van der Waals surface area (Å²) >= 11 is 0. The second-order valence-electron chi connectivity index (χ2n) is 8.21. The Labute approximate surface area is 210 Å². The number of ketones is 2. The number of hydrogen-bond acceptors (Lipinski definition) is 10. The van der Waals surface area contributed by atoms with E-state index in [0.29, 0.717) is 11.3 Å². The number of anilines is 3. The molecule has 0 spiro atoms. The van der Waals surface area contributed by atoms with Gasteiger partial charge in [0.05, 0.1) is 27.9 Å². The summed E-state index contributed by atoms with van der Waals surface area (Å²) in [7, 11) is 0. The number of azo groups is 1. The predicted octanol–water partition coefficient (Wildman–Crippen LogP) is 5.19. The number of pyridine rings is 1. The van der Waals surface area contributed by atoms with Crippen LogP contribution >= 0.6 is 0 Å². The molecule has 3 aromatic carbocycles. The summed E-state index contributed by atoms with van der Waals surface area (Å²) in [5.41, 5.74) is 7.04. The first kappa shape index (κ1) is 23.2. The standard InChI is InChI=1S/C27H18N6O4/c1-13-16(12-28)27(30-14-6-3-2-4-7-14)31-26(29)23(13)33-32-17-9-5-8-15-20(17)25(37)22-19(35)11-10-18(34)21(22)24(15)36/h2-11,34-35H,1H3,(H3,29,30,31)/b33-32+. The van der Waals surface area contributed by atoms with Crippen LogP contribution in [-0.2, 0) is 0 Å². The molecule has 10 nitrogen and oxygen atoms in total. The lowest BCUT2D eigenvalue weighted by molar-refractivity contribution is 0.0974. The Morgan fingerprint density at radius 3 is 2.24 bits per heavy atom. The number of benzene rings is 3. The zero-order chi connectivity index (χ0) is 26.3. The Morgan fingerprint density at radius 2 is 1.57 bits per heavy atom. The molecule has 0 amide bonds. The Kier molecular flexibility index (Phi) is 5.58. The average Bonchev–Trinajstić information content (AvgIpc) is 2.89. The highest BCUT2D eigenvalue weighted by Crippen LogP contribution is 2.41. The normalized spacial score (nSPS) is 12.2. The molecule has 1 aliphatic carbocycles. The van der Waals surface area contributed by atoms with E-state index in [-0.39, 0.29) is 50.8 Å². The minimum Gasteiger partial charge on any atom is -0.507 e. The number of fused-ring (bicyclic) bond motifs is 2. The van der Waals surface area contributed by atoms with Gasteiger partial charge in [-0.3, -0.25) is 9.59 Å². The minimum atomic E-state index is -0.685. The van der Waals surface area contributed by atoms with Gasteiger partial charge in [-0.1, -0.05) is 30.3 Å². The van der Waals surface area contributed by atoms with E-state index in [1.54, 1.807) is 6.92 Å². The molecule has 0 bridgehead atoms. The Bertz CT molecular complexity index is 1690. The van der Waals surface area contributed by atoms with E-state index >= 15 is 0 Å². The molecule has 0 saturated heterocycles. The van der Waals surface area contributed by atoms with Gasteiger partial charge in [0, 0.05) is 16.8 Å². The number of aromatic hydroxyl groups is 2. The molecule has 5 N–H and O–H groups in total. The van der Waals surface area contributed by atoms with Gasteiger partial charge in [0.2, 0.25) is 5.78 Å². The van der Waals surface area contributed by atoms with Crippen molar-refractivity contribution in [1.82, 2.24) is 4.98 Å². The maximum atomic E-state index is 13.3. The molecular formula is C27H18N6O4.